The molecule has 0 saturated carbocycles. The maximum Gasteiger partial charge on any atom is 0.269 e. The maximum absolute atomic E-state index is 13.7. The first kappa shape index (κ1) is 15.0. The minimum absolute atomic E-state index is 0.0860. The van der Waals surface area contributed by atoms with Gasteiger partial charge in [0.05, 0.1) is 18.4 Å². The van der Waals surface area contributed by atoms with E-state index in [1.54, 1.807) is 18.3 Å². The predicted octanol–water partition coefficient (Wildman–Crippen LogP) is 1.86. The highest BCUT2D eigenvalue weighted by Gasteiger charge is 2.08. The molecule has 2 N–H and O–H groups in total. The van der Waals surface area contributed by atoms with Gasteiger partial charge in [0.1, 0.15) is 5.82 Å². The lowest BCUT2D eigenvalue weighted by Crippen LogP contribution is -2.26. The standard InChI is InChI=1S/C15H19FN4O/c1-3-6-19(2)13-8-15(21)20(18-9-13)10-11-4-5-12(17)7-14(11)16/h4-5,7-9H,3,6,10,17H2,1-2H3. The summed E-state index contributed by atoms with van der Waals surface area (Å²) >= 11 is 0. The number of benzene rings is 1. The number of halogens is 1. The third kappa shape index (κ3) is 3.59. The molecule has 2 rings (SSSR count). The van der Waals surface area contributed by atoms with Crippen molar-refractivity contribution < 1.29 is 4.39 Å². The molecule has 1 aromatic carbocycles. The number of hydrogen-bond acceptors (Lipinski definition) is 4. The first-order valence-corrected chi connectivity index (χ1v) is 6.83. The van der Waals surface area contributed by atoms with Crippen molar-refractivity contribution in [1.29, 1.82) is 0 Å². The van der Waals surface area contributed by atoms with Crippen LogP contribution in [-0.2, 0) is 6.54 Å². The third-order valence-electron chi connectivity index (χ3n) is 3.25. The van der Waals surface area contributed by atoms with E-state index in [0.717, 1.165) is 18.7 Å². The van der Waals surface area contributed by atoms with Crippen LogP contribution in [0.1, 0.15) is 18.9 Å². The van der Waals surface area contributed by atoms with Crippen LogP contribution in [0.15, 0.2) is 35.3 Å². The molecule has 0 spiro atoms. The van der Waals surface area contributed by atoms with Crippen LogP contribution in [0.2, 0.25) is 0 Å². The first-order chi connectivity index (χ1) is 10.0. The molecule has 1 heterocycles. The topological polar surface area (TPSA) is 64.2 Å². The monoisotopic (exact) mass is 290 g/mol. The average molecular weight is 290 g/mol. The molecule has 0 amide bonds. The Labute approximate surface area is 122 Å². The van der Waals surface area contributed by atoms with Gasteiger partial charge < -0.3 is 10.6 Å². The van der Waals surface area contributed by atoms with Gasteiger partial charge in [-0.2, -0.15) is 5.10 Å². The molecule has 0 radical (unpaired) electrons. The molecule has 21 heavy (non-hydrogen) atoms. The molecule has 0 aliphatic rings. The van der Waals surface area contributed by atoms with Crippen LogP contribution in [0.5, 0.6) is 0 Å². The van der Waals surface area contributed by atoms with Gasteiger partial charge in [-0.25, -0.2) is 9.07 Å². The van der Waals surface area contributed by atoms with Crippen molar-refractivity contribution in [3.8, 4) is 0 Å². The molecule has 112 valence electrons. The molecule has 2 aromatic rings. The van der Waals surface area contributed by atoms with E-state index in [1.165, 1.54) is 16.8 Å². The zero-order valence-electron chi connectivity index (χ0n) is 12.2. The number of nitrogen functional groups attached to an aromatic ring is 1. The molecule has 0 fully saturated rings. The second-order valence-corrected chi connectivity index (χ2v) is 4.98. The van der Waals surface area contributed by atoms with Crippen molar-refractivity contribution in [2.75, 3.05) is 24.2 Å². The van der Waals surface area contributed by atoms with Crippen molar-refractivity contribution in [2.45, 2.75) is 19.9 Å². The first-order valence-electron chi connectivity index (χ1n) is 6.83. The van der Waals surface area contributed by atoms with Crippen molar-refractivity contribution in [3.63, 3.8) is 0 Å². The molecule has 6 heteroatoms. The van der Waals surface area contributed by atoms with Crippen LogP contribution in [-0.4, -0.2) is 23.4 Å². The quantitative estimate of drug-likeness (QED) is 0.854. The normalized spacial score (nSPS) is 10.6. The summed E-state index contributed by atoms with van der Waals surface area (Å²) in [5.74, 6) is -0.434. The predicted molar refractivity (Wildman–Crippen MR) is 82.0 cm³/mol. The summed E-state index contributed by atoms with van der Waals surface area (Å²) in [4.78, 5) is 14.0. The Morgan fingerprint density at radius 1 is 1.38 bits per heavy atom. The number of hydrogen-bond donors (Lipinski definition) is 1. The Bertz CT molecular complexity index is 684. The molecular formula is C15H19FN4O. The fourth-order valence-corrected chi connectivity index (χ4v) is 2.07. The van der Waals surface area contributed by atoms with Gasteiger partial charge in [0, 0.05) is 30.9 Å². The van der Waals surface area contributed by atoms with Gasteiger partial charge in [0.15, 0.2) is 0 Å². The van der Waals surface area contributed by atoms with Gasteiger partial charge in [0.25, 0.3) is 5.56 Å². The molecule has 0 aliphatic carbocycles. The van der Waals surface area contributed by atoms with E-state index < -0.39 is 5.82 Å². The molecule has 5 nitrogen and oxygen atoms in total. The highest BCUT2D eigenvalue weighted by atomic mass is 19.1. The van der Waals surface area contributed by atoms with E-state index in [4.69, 9.17) is 5.73 Å². The van der Waals surface area contributed by atoms with Crippen LogP contribution < -0.4 is 16.2 Å². The van der Waals surface area contributed by atoms with Gasteiger partial charge in [-0.1, -0.05) is 13.0 Å². The van der Waals surface area contributed by atoms with Crippen LogP contribution >= 0.6 is 0 Å². The molecule has 0 atom stereocenters. The fourth-order valence-electron chi connectivity index (χ4n) is 2.07. The average Bonchev–Trinajstić information content (AvgIpc) is 2.44. The largest absolute Gasteiger partial charge is 0.399 e. The van der Waals surface area contributed by atoms with E-state index in [1.807, 2.05) is 11.9 Å². The zero-order chi connectivity index (χ0) is 15.4. The molecule has 1 aromatic heterocycles. The Balaban J connectivity index is 2.23. The van der Waals surface area contributed by atoms with E-state index in [-0.39, 0.29) is 12.1 Å². The Morgan fingerprint density at radius 2 is 2.14 bits per heavy atom. The Morgan fingerprint density at radius 3 is 2.76 bits per heavy atom. The maximum atomic E-state index is 13.7. The number of nitrogens with two attached hydrogens (primary N) is 1. The van der Waals surface area contributed by atoms with Crippen LogP contribution in [0, 0.1) is 5.82 Å². The second kappa shape index (κ2) is 6.39. The SMILES string of the molecule is CCCN(C)c1cnn(Cc2ccc(N)cc2F)c(=O)c1. The highest BCUT2D eigenvalue weighted by Crippen LogP contribution is 2.13. The fraction of sp³-hybridized carbons (Fsp3) is 0.333. The third-order valence-corrected chi connectivity index (χ3v) is 3.25. The number of aromatic nitrogens is 2. The lowest BCUT2D eigenvalue weighted by atomic mass is 10.2. The minimum atomic E-state index is -0.434. The van der Waals surface area contributed by atoms with Gasteiger partial charge in [-0.05, 0) is 18.6 Å². The molecule has 0 saturated heterocycles. The summed E-state index contributed by atoms with van der Waals surface area (Å²) in [5, 5.41) is 4.10. The molecule has 0 unspecified atom stereocenters. The van der Waals surface area contributed by atoms with Crippen molar-refractivity contribution in [3.05, 3.63) is 52.2 Å². The number of rotatable bonds is 5. The van der Waals surface area contributed by atoms with Gasteiger partial charge in [-0.3, -0.25) is 4.79 Å². The number of anilines is 2. The molecule has 0 bridgehead atoms. The van der Waals surface area contributed by atoms with E-state index in [9.17, 15) is 9.18 Å². The lowest BCUT2D eigenvalue weighted by molar-refractivity contribution is 0.572. The minimum Gasteiger partial charge on any atom is -0.399 e. The summed E-state index contributed by atoms with van der Waals surface area (Å²) < 4.78 is 15.0. The van der Waals surface area contributed by atoms with Crippen molar-refractivity contribution >= 4 is 11.4 Å². The summed E-state index contributed by atoms with van der Waals surface area (Å²) in [6.45, 7) is 3.00. The Kier molecular flexibility index (Phi) is 4.57. The second-order valence-electron chi connectivity index (χ2n) is 4.98. The number of nitrogens with zero attached hydrogens (tertiary/aromatic N) is 3. The van der Waals surface area contributed by atoms with E-state index >= 15 is 0 Å². The Hall–Kier alpha value is -2.37. The van der Waals surface area contributed by atoms with Gasteiger partial charge in [0.2, 0.25) is 0 Å². The molecule has 0 aliphatic heterocycles. The zero-order valence-corrected chi connectivity index (χ0v) is 12.2. The van der Waals surface area contributed by atoms with Gasteiger partial charge >= 0.3 is 0 Å². The summed E-state index contributed by atoms with van der Waals surface area (Å²) in [6.07, 6.45) is 2.60. The highest BCUT2D eigenvalue weighted by molar-refractivity contribution is 5.42. The summed E-state index contributed by atoms with van der Waals surface area (Å²) in [6, 6.07) is 5.92. The molecular weight excluding hydrogens is 271 g/mol. The lowest BCUT2D eigenvalue weighted by Gasteiger charge is -2.17. The van der Waals surface area contributed by atoms with E-state index in [2.05, 4.69) is 12.0 Å². The van der Waals surface area contributed by atoms with E-state index in [0.29, 0.717) is 11.3 Å². The van der Waals surface area contributed by atoms with Crippen LogP contribution in [0.4, 0.5) is 15.8 Å². The van der Waals surface area contributed by atoms with Crippen molar-refractivity contribution in [1.82, 2.24) is 9.78 Å². The van der Waals surface area contributed by atoms with Gasteiger partial charge in [-0.15, -0.1) is 0 Å². The van der Waals surface area contributed by atoms with Crippen molar-refractivity contribution in [2.24, 2.45) is 0 Å². The smallest absolute Gasteiger partial charge is 0.269 e. The summed E-state index contributed by atoms with van der Waals surface area (Å²) in [5.41, 5.74) is 6.74. The summed E-state index contributed by atoms with van der Waals surface area (Å²) in [7, 11) is 1.91. The van der Waals surface area contributed by atoms with Crippen LogP contribution in [0.25, 0.3) is 0 Å². The van der Waals surface area contributed by atoms with Crippen LogP contribution in [0.3, 0.4) is 0 Å².